The second kappa shape index (κ2) is 8.80. The fourth-order valence-corrected chi connectivity index (χ4v) is 5.06. The lowest BCUT2D eigenvalue weighted by Crippen LogP contribution is -2.30. The van der Waals surface area contributed by atoms with E-state index in [0.717, 1.165) is 28.1 Å². The first-order chi connectivity index (χ1) is 14.9. The number of fused-ring (bicyclic) bond motifs is 1. The maximum atomic E-state index is 13.6. The van der Waals surface area contributed by atoms with Crippen LogP contribution in [-0.4, -0.2) is 22.9 Å². The molecule has 2 aromatic carbocycles. The lowest BCUT2D eigenvalue weighted by molar-refractivity contribution is -0.117. The van der Waals surface area contributed by atoms with Crippen LogP contribution in [0.25, 0.3) is 6.08 Å². The van der Waals surface area contributed by atoms with Crippen LogP contribution in [0.5, 0.6) is 0 Å². The van der Waals surface area contributed by atoms with Gasteiger partial charge in [0.1, 0.15) is 0 Å². The van der Waals surface area contributed by atoms with Crippen molar-refractivity contribution in [2.45, 2.75) is 39.0 Å². The number of hydrogen-bond acceptors (Lipinski definition) is 4. The number of nitrogens with zero attached hydrogens (tertiary/aromatic N) is 1. The SMILES string of the molecule is CSC(=O)C1=C(C)N=C2C/C(=C/c3ccc(C(C)C)cc3)C(=O)C2C1c1ccccc1. The zero-order valence-electron chi connectivity index (χ0n) is 18.4. The number of carbonyl (C=O) groups is 2. The smallest absolute Gasteiger partial charge is 0.217 e. The summed E-state index contributed by atoms with van der Waals surface area (Å²) < 4.78 is 0. The third kappa shape index (κ3) is 4.09. The van der Waals surface area contributed by atoms with Gasteiger partial charge < -0.3 is 0 Å². The Balaban J connectivity index is 1.75. The van der Waals surface area contributed by atoms with Crippen molar-refractivity contribution in [1.29, 1.82) is 0 Å². The van der Waals surface area contributed by atoms with Crippen molar-refractivity contribution in [2.24, 2.45) is 10.9 Å². The molecule has 0 amide bonds. The maximum Gasteiger partial charge on any atom is 0.217 e. The molecule has 0 saturated heterocycles. The quantitative estimate of drug-likeness (QED) is 0.545. The van der Waals surface area contributed by atoms with E-state index in [9.17, 15) is 9.59 Å². The van der Waals surface area contributed by atoms with Gasteiger partial charge in [0, 0.05) is 34.9 Å². The van der Waals surface area contributed by atoms with Crippen molar-refractivity contribution < 1.29 is 9.59 Å². The van der Waals surface area contributed by atoms with Crippen LogP contribution in [-0.2, 0) is 9.59 Å². The van der Waals surface area contributed by atoms with Crippen molar-refractivity contribution in [1.82, 2.24) is 0 Å². The molecule has 0 N–H and O–H groups in total. The van der Waals surface area contributed by atoms with Crippen LogP contribution in [0.4, 0.5) is 0 Å². The normalized spacial score (nSPS) is 22.2. The average Bonchev–Trinajstić information content (AvgIpc) is 3.07. The number of benzene rings is 2. The Labute approximate surface area is 188 Å². The zero-order chi connectivity index (χ0) is 22.1. The number of thioether (sulfide) groups is 1. The Hall–Kier alpha value is -2.72. The molecule has 2 atom stereocenters. The molecule has 31 heavy (non-hydrogen) atoms. The molecule has 2 aromatic rings. The van der Waals surface area contributed by atoms with Gasteiger partial charge in [-0.3, -0.25) is 14.6 Å². The molecule has 1 aliphatic carbocycles. The summed E-state index contributed by atoms with van der Waals surface area (Å²) in [6.45, 7) is 6.23. The Bertz CT molecular complexity index is 1110. The molecule has 0 radical (unpaired) electrons. The molecule has 0 bridgehead atoms. The molecule has 0 aromatic heterocycles. The number of rotatable bonds is 4. The molecule has 4 rings (SSSR count). The second-order valence-electron chi connectivity index (χ2n) is 8.49. The number of ketones is 1. The van der Waals surface area contributed by atoms with Crippen LogP contribution in [0.15, 0.2) is 76.4 Å². The fraction of sp³-hybridized carbons (Fsp3) is 0.296. The van der Waals surface area contributed by atoms with Crippen LogP contribution < -0.4 is 0 Å². The number of Topliss-reactive ketones (excluding diaryl/α,β-unsaturated/α-hetero) is 1. The molecule has 0 spiro atoms. The first kappa shape index (κ1) is 21.5. The molecule has 3 nitrogen and oxygen atoms in total. The van der Waals surface area contributed by atoms with Crippen molar-refractivity contribution in [3.05, 3.63) is 88.1 Å². The minimum atomic E-state index is -0.404. The number of aliphatic imine (C=N–C) groups is 1. The van der Waals surface area contributed by atoms with E-state index < -0.39 is 5.92 Å². The van der Waals surface area contributed by atoms with Gasteiger partial charge in [-0.2, -0.15) is 0 Å². The highest BCUT2D eigenvalue weighted by Crippen LogP contribution is 2.46. The minimum absolute atomic E-state index is 0.0105. The van der Waals surface area contributed by atoms with Crippen LogP contribution in [0, 0.1) is 5.92 Å². The van der Waals surface area contributed by atoms with Gasteiger partial charge in [0.05, 0.1) is 5.92 Å². The molecule has 1 saturated carbocycles. The average molecular weight is 430 g/mol. The van der Waals surface area contributed by atoms with Crippen LogP contribution in [0.1, 0.15) is 55.7 Å². The van der Waals surface area contributed by atoms with Gasteiger partial charge >= 0.3 is 0 Å². The van der Waals surface area contributed by atoms with Crippen LogP contribution >= 0.6 is 11.8 Å². The summed E-state index contributed by atoms with van der Waals surface area (Å²) in [6, 6.07) is 18.3. The molecule has 1 heterocycles. The predicted molar refractivity (Wildman–Crippen MR) is 129 cm³/mol. The monoisotopic (exact) mass is 429 g/mol. The number of carbonyl (C=O) groups excluding carboxylic acids is 2. The lowest BCUT2D eigenvalue weighted by atomic mass is 9.76. The van der Waals surface area contributed by atoms with Gasteiger partial charge in [-0.25, -0.2) is 0 Å². The van der Waals surface area contributed by atoms with E-state index in [1.807, 2.05) is 43.3 Å². The van der Waals surface area contributed by atoms with Gasteiger partial charge in [-0.05, 0) is 41.9 Å². The van der Waals surface area contributed by atoms with E-state index in [4.69, 9.17) is 4.99 Å². The van der Waals surface area contributed by atoms with E-state index in [0.29, 0.717) is 17.9 Å². The van der Waals surface area contributed by atoms with E-state index in [1.165, 1.54) is 17.3 Å². The van der Waals surface area contributed by atoms with E-state index in [2.05, 4.69) is 38.1 Å². The van der Waals surface area contributed by atoms with Crippen molar-refractivity contribution >= 4 is 34.4 Å². The summed E-state index contributed by atoms with van der Waals surface area (Å²) in [7, 11) is 0. The highest BCUT2D eigenvalue weighted by Gasteiger charge is 2.46. The first-order valence-electron chi connectivity index (χ1n) is 10.7. The molecule has 158 valence electrons. The van der Waals surface area contributed by atoms with Gasteiger partial charge in [-0.1, -0.05) is 80.2 Å². The molecule has 2 unspecified atom stereocenters. The standard InChI is InChI=1S/C27H27NO2S/c1-16(2)19-12-10-18(11-13-19)14-21-15-22-25(26(21)29)24(20-8-6-5-7-9-20)23(17(3)28-22)27(30)31-4/h5-14,16,24-25H,15H2,1-4H3/b21-14-. The van der Waals surface area contributed by atoms with E-state index in [-0.39, 0.29) is 16.8 Å². The third-order valence-electron chi connectivity index (χ3n) is 6.18. The van der Waals surface area contributed by atoms with E-state index in [1.54, 1.807) is 6.26 Å². The first-order valence-corrected chi connectivity index (χ1v) is 11.9. The zero-order valence-corrected chi connectivity index (χ0v) is 19.2. The second-order valence-corrected chi connectivity index (χ2v) is 9.27. The summed E-state index contributed by atoms with van der Waals surface area (Å²) in [6.07, 6.45) is 4.31. The summed E-state index contributed by atoms with van der Waals surface area (Å²) >= 11 is 1.18. The van der Waals surface area contributed by atoms with E-state index >= 15 is 0 Å². The minimum Gasteiger partial charge on any atom is -0.294 e. The van der Waals surface area contributed by atoms with Gasteiger partial charge in [-0.15, -0.1) is 0 Å². The van der Waals surface area contributed by atoms with Gasteiger partial charge in [0.25, 0.3) is 0 Å². The van der Waals surface area contributed by atoms with Crippen LogP contribution in [0.2, 0.25) is 0 Å². The largest absolute Gasteiger partial charge is 0.294 e. The summed E-state index contributed by atoms with van der Waals surface area (Å²) in [5.41, 5.74) is 6.33. The Morgan fingerprint density at radius 1 is 1.06 bits per heavy atom. The van der Waals surface area contributed by atoms with Gasteiger partial charge in [0.2, 0.25) is 5.12 Å². The highest BCUT2D eigenvalue weighted by molar-refractivity contribution is 8.13. The predicted octanol–water partition coefficient (Wildman–Crippen LogP) is 6.18. The summed E-state index contributed by atoms with van der Waals surface area (Å²) in [4.78, 5) is 31.2. The molecule has 1 aliphatic heterocycles. The highest BCUT2D eigenvalue weighted by atomic mass is 32.2. The van der Waals surface area contributed by atoms with Crippen LogP contribution in [0.3, 0.4) is 0 Å². The number of allylic oxidation sites excluding steroid dienone is 2. The Morgan fingerprint density at radius 2 is 1.74 bits per heavy atom. The van der Waals surface area contributed by atoms with Crippen molar-refractivity contribution in [2.75, 3.05) is 6.26 Å². The molecule has 1 fully saturated rings. The van der Waals surface area contributed by atoms with Crippen molar-refractivity contribution in [3.8, 4) is 0 Å². The van der Waals surface area contributed by atoms with Gasteiger partial charge in [0.15, 0.2) is 5.78 Å². The molecule has 2 aliphatic rings. The van der Waals surface area contributed by atoms with Crippen molar-refractivity contribution in [3.63, 3.8) is 0 Å². The Kier molecular flexibility index (Phi) is 6.10. The summed E-state index contributed by atoms with van der Waals surface area (Å²) in [5, 5.41) is -0.0105. The number of hydrogen-bond donors (Lipinski definition) is 0. The molecule has 4 heteroatoms. The summed E-state index contributed by atoms with van der Waals surface area (Å²) in [5.74, 6) is -0.131. The lowest BCUT2D eigenvalue weighted by Gasteiger charge is -2.29. The topological polar surface area (TPSA) is 46.5 Å². The molecular formula is C27H27NO2S. The fourth-order valence-electron chi connectivity index (χ4n) is 4.57. The third-order valence-corrected chi connectivity index (χ3v) is 6.77. The Morgan fingerprint density at radius 3 is 2.35 bits per heavy atom. The molecular weight excluding hydrogens is 402 g/mol. The maximum absolute atomic E-state index is 13.6.